The second kappa shape index (κ2) is 7.51. The summed E-state index contributed by atoms with van der Waals surface area (Å²) in [6.07, 6.45) is 0. The van der Waals surface area contributed by atoms with Crippen LogP contribution in [0.2, 0.25) is 0 Å². The van der Waals surface area contributed by atoms with Gasteiger partial charge in [-0.15, -0.1) is 22.7 Å². The fourth-order valence-electron chi connectivity index (χ4n) is 2.03. The number of hydrogen-bond acceptors (Lipinski definition) is 5. The first-order valence-electron chi connectivity index (χ1n) is 7.09. The van der Waals surface area contributed by atoms with Crippen LogP contribution < -0.4 is 0 Å². The van der Waals surface area contributed by atoms with Crippen molar-refractivity contribution in [3.05, 3.63) is 28.6 Å². The number of hydrogen-bond donors (Lipinski definition) is 0. The van der Waals surface area contributed by atoms with E-state index in [4.69, 9.17) is 0 Å². The van der Waals surface area contributed by atoms with Gasteiger partial charge in [-0.2, -0.15) is 0 Å². The smallest absolute Gasteiger partial charge is 0.273 e. The average Bonchev–Trinajstić information content (AvgIpc) is 3.18. The molecule has 0 aliphatic heterocycles. The summed E-state index contributed by atoms with van der Waals surface area (Å²) in [5.41, 5.74) is 0.392. The first-order chi connectivity index (χ1) is 10.6. The molecule has 22 heavy (non-hydrogen) atoms. The van der Waals surface area contributed by atoms with Crippen molar-refractivity contribution < 1.29 is 9.59 Å². The highest BCUT2D eigenvalue weighted by molar-refractivity contribution is 7.20. The van der Waals surface area contributed by atoms with Crippen molar-refractivity contribution in [1.29, 1.82) is 0 Å². The van der Waals surface area contributed by atoms with E-state index >= 15 is 0 Å². The minimum absolute atomic E-state index is 0.0467. The Morgan fingerprint density at radius 3 is 2.55 bits per heavy atom. The van der Waals surface area contributed by atoms with Gasteiger partial charge in [-0.25, -0.2) is 4.98 Å². The predicted molar refractivity (Wildman–Crippen MR) is 90.3 cm³/mol. The molecule has 7 heteroatoms. The van der Waals surface area contributed by atoms with Gasteiger partial charge in [-0.1, -0.05) is 6.07 Å². The van der Waals surface area contributed by atoms with Crippen LogP contribution in [0, 0.1) is 0 Å². The van der Waals surface area contributed by atoms with Crippen LogP contribution in [0.5, 0.6) is 0 Å². The molecule has 0 spiro atoms. The third-order valence-electron chi connectivity index (χ3n) is 3.29. The number of thiazole rings is 1. The van der Waals surface area contributed by atoms with Gasteiger partial charge in [0, 0.05) is 25.5 Å². The van der Waals surface area contributed by atoms with Crippen LogP contribution in [-0.2, 0) is 4.79 Å². The molecule has 0 aliphatic rings. The molecule has 0 unspecified atom stereocenters. The van der Waals surface area contributed by atoms with Gasteiger partial charge in [0.25, 0.3) is 5.91 Å². The van der Waals surface area contributed by atoms with Crippen LogP contribution in [0.25, 0.3) is 9.88 Å². The highest BCUT2D eigenvalue weighted by atomic mass is 32.1. The molecule has 5 nitrogen and oxygen atoms in total. The van der Waals surface area contributed by atoms with Crippen LogP contribution in [0.15, 0.2) is 22.9 Å². The molecule has 0 saturated carbocycles. The second-order valence-electron chi connectivity index (χ2n) is 4.74. The van der Waals surface area contributed by atoms with Gasteiger partial charge in [0.2, 0.25) is 5.91 Å². The van der Waals surface area contributed by atoms with Crippen LogP contribution in [0.1, 0.15) is 24.3 Å². The summed E-state index contributed by atoms with van der Waals surface area (Å²) < 4.78 is 0. The number of carbonyl (C=O) groups excluding carboxylic acids is 2. The summed E-state index contributed by atoms with van der Waals surface area (Å²) in [6, 6.07) is 3.93. The van der Waals surface area contributed by atoms with Crippen LogP contribution >= 0.6 is 22.7 Å². The molecular formula is C15H19N3O2S2. The molecule has 0 fully saturated rings. The third kappa shape index (κ3) is 3.72. The van der Waals surface area contributed by atoms with Crippen molar-refractivity contribution in [2.75, 3.05) is 26.7 Å². The molecule has 0 atom stereocenters. The topological polar surface area (TPSA) is 53.5 Å². The molecule has 2 aromatic heterocycles. The molecule has 2 amide bonds. The van der Waals surface area contributed by atoms with E-state index in [1.54, 1.807) is 28.7 Å². The molecule has 2 rings (SSSR count). The first-order valence-corrected chi connectivity index (χ1v) is 8.85. The van der Waals surface area contributed by atoms with Crippen molar-refractivity contribution >= 4 is 34.5 Å². The standard InChI is InChI=1S/C15H19N3O2S2/c1-4-18(5-2)13(19)9-17(3)15(20)11-10-22-14(16-11)12-7-6-8-21-12/h6-8,10H,4-5,9H2,1-3H3. The number of aromatic nitrogens is 1. The lowest BCUT2D eigenvalue weighted by Crippen LogP contribution is -2.41. The van der Waals surface area contributed by atoms with Gasteiger partial charge in [-0.3, -0.25) is 9.59 Å². The Kier molecular flexibility index (Phi) is 5.68. The van der Waals surface area contributed by atoms with Gasteiger partial charge < -0.3 is 9.80 Å². The van der Waals surface area contributed by atoms with Crippen molar-refractivity contribution in [3.63, 3.8) is 0 Å². The van der Waals surface area contributed by atoms with E-state index in [9.17, 15) is 9.59 Å². The van der Waals surface area contributed by atoms with Crippen LogP contribution in [-0.4, -0.2) is 53.3 Å². The number of nitrogens with zero attached hydrogens (tertiary/aromatic N) is 3. The Morgan fingerprint density at radius 1 is 1.23 bits per heavy atom. The number of rotatable bonds is 6. The summed E-state index contributed by atoms with van der Waals surface area (Å²) in [4.78, 5) is 33.0. The lowest BCUT2D eigenvalue weighted by atomic mass is 10.3. The molecule has 0 saturated heterocycles. The molecule has 0 N–H and O–H groups in total. The van der Waals surface area contributed by atoms with E-state index in [0.717, 1.165) is 9.88 Å². The summed E-state index contributed by atoms with van der Waals surface area (Å²) in [5.74, 6) is -0.269. The Balaban J connectivity index is 2.03. The van der Waals surface area contributed by atoms with E-state index in [1.165, 1.54) is 16.2 Å². The minimum Gasteiger partial charge on any atom is -0.342 e. The van der Waals surface area contributed by atoms with E-state index in [2.05, 4.69) is 4.98 Å². The van der Waals surface area contributed by atoms with E-state index in [-0.39, 0.29) is 18.4 Å². The van der Waals surface area contributed by atoms with Gasteiger partial charge in [0.05, 0.1) is 11.4 Å². The Bertz CT molecular complexity index is 633. The van der Waals surface area contributed by atoms with Crippen molar-refractivity contribution in [3.8, 4) is 9.88 Å². The van der Waals surface area contributed by atoms with Crippen molar-refractivity contribution in [2.45, 2.75) is 13.8 Å². The molecule has 118 valence electrons. The van der Waals surface area contributed by atoms with Crippen molar-refractivity contribution in [2.24, 2.45) is 0 Å². The average molecular weight is 337 g/mol. The molecular weight excluding hydrogens is 318 g/mol. The largest absolute Gasteiger partial charge is 0.342 e. The summed E-state index contributed by atoms with van der Waals surface area (Å²) in [7, 11) is 1.63. The normalized spacial score (nSPS) is 10.5. The number of likely N-dealkylation sites (N-methyl/N-ethyl adjacent to an activating group) is 2. The zero-order chi connectivity index (χ0) is 16.1. The fourth-order valence-corrected chi connectivity index (χ4v) is 3.64. The monoisotopic (exact) mass is 337 g/mol. The highest BCUT2D eigenvalue weighted by Gasteiger charge is 2.20. The molecule has 2 aromatic rings. The lowest BCUT2D eigenvalue weighted by molar-refractivity contribution is -0.131. The quantitative estimate of drug-likeness (QED) is 0.814. The summed E-state index contributed by atoms with van der Waals surface area (Å²) >= 11 is 3.04. The van der Waals surface area contributed by atoms with Crippen LogP contribution in [0.4, 0.5) is 0 Å². The predicted octanol–water partition coefficient (Wildman–Crippen LogP) is 2.81. The maximum absolute atomic E-state index is 12.4. The SMILES string of the molecule is CCN(CC)C(=O)CN(C)C(=O)c1csc(-c2cccs2)n1. The van der Waals surface area contributed by atoms with Crippen molar-refractivity contribution in [1.82, 2.24) is 14.8 Å². The van der Waals surface area contributed by atoms with E-state index in [1.807, 2.05) is 31.4 Å². The summed E-state index contributed by atoms with van der Waals surface area (Å²) in [6.45, 7) is 5.23. The second-order valence-corrected chi connectivity index (χ2v) is 6.55. The van der Waals surface area contributed by atoms with Gasteiger partial charge >= 0.3 is 0 Å². The van der Waals surface area contributed by atoms with Crippen LogP contribution in [0.3, 0.4) is 0 Å². The number of thiophene rings is 1. The lowest BCUT2D eigenvalue weighted by Gasteiger charge is -2.22. The molecule has 0 bridgehead atoms. The number of amides is 2. The Morgan fingerprint density at radius 2 is 1.95 bits per heavy atom. The van der Waals surface area contributed by atoms with Gasteiger partial charge in [0.15, 0.2) is 0 Å². The summed E-state index contributed by atoms with van der Waals surface area (Å²) in [5, 5.41) is 4.56. The minimum atomic E-state index is -0.223. The Labute approximate surface area is 138 Å². The highest BCUT2D eigenvalue weighted by Crippen LogP contribution is 2.28. The molecule has 0 aromatic carbocycles. The molecule has 0 radical (unpaired) electrons. The Hall–Kier alpha value is -1.73. The third-order valence-corrected chi connectivity index (χ3v) is 5.17. The zero-order valence-electron chi connectivity index (χ0n) is 12.9. The first kappa shape index (κ1) is 16.6. The number of carbonyl (C=O) groups is 2. The van der Waals surface area contributed by atoms with E-state index in [0.29, 0.717) is 18.8 Å². The molecule has 2 heterocycles. The van der Waals surface area contributed by atoms with E-state index < -0.39 is 0 Å². The van der Waals surface area contributed by atoms with Gasteiger partial charge in [-0.05, 0) is 25.3 Å². The zero-order valence-corrected chi connectivity index (χ0v) is 14.5. The van der Waals surface area contributed by atoms with Gasteiger partial charge in [0.1, 0.15) is 10.7 Å². The molecule has 0 aliphatic carbocycles. The maximum atomic E-state index is 12.4. The maximum Gasteiger partial charge on any atom is 0.273 e. The fraction of sp³-hybridized carbons (Fsp3) is 0.400.